The molecular weight excluding hydrogens is 310 g/mol. The van der Waals surface area contributed by atoms with Crippen molar-refractivity contribution >= 4 is 11.7 Å². The normalized spacial score (nSPS) is 17.5. The van der Waals surface area contributed by atoms with Gasteiger partial charge in [0.25, 0.3) is 5.91 Å². The van der Waals surface area contributed by atoms with Crippen LogP contribution in [0.4, 0.5) is 0 Å². The Morgan fingerprint density at radius 3 is 2.62 bits per heavy atom. The first kappa shape index (κ1) is 16.4. The van der Waals surface area contributed by atoms with Crippen LogP contribution in [0.5, 0.6) is 0 Å². The van der Waals surface area contributed by atoms with Crippen molar-refractivity contribution in [2.75, 3.05) is 0 Å². The lowest BCUT2D eigenvalue weighted by Crippen LogP contribution is -2.27. The van der Waals surface area contributed by atoms with Gasteiger partial charge < -0.3 is 14.3 Å². The van der Waals surface area contributed by atoms with Gasteiger partial charge in [0, 0.05) is 18.4 Å². The van der Waals surface area contributed by atoms with Crippen molar-refractivity contribution in [3.05, 3.63) is 34.4 Å². The molecule has 2 aromatic heterocycles. The van der Waals surface area contributed by atoms with E-state index < -0.39 is 11.9 Å². The molecule has 1 atom stereocenters. The zero-order valence-electron chi connectivity index (χ0n) is 14.5. The lowest BCUT2D eigenvalue weighted by molar-refractivity contribution is 0.0880. The monoisotopic (exact) mass is 331 g/mol. The molecule has 7 heteroatoms. The number of aromatic nitrogens is 2. The van der Waals surface area contributed by atoms with Gasteiger partial charge in [-0.3, -0.25) is 9.59 Å². The van der Waals surface area contributed by atoms with Gasteiger partial charge in [-0.05, 0) is 26.2 Å². The summed E-state index contributed by atoms with van der Waals surface area (Å²) in [5.41, 5.74) is 0.995. The summed E-state index contributed by atoms with van der Waals surface area (Å²) in [5.74, 6) is 1.24. The number of rotatable bonds is 3. The molecule has 7 nitrogen and oxygen atoms in total. The highest BCUT2D eigenvalue weighted by atomic mass is 16.5. The fourth-order valence-corrected chi connectivity index (χ4v) is 3.11. The summed E-state index contributed by atoms with van der Waals surface area (Å²) in [6.45, 7) is 9.24. The number of hydrogen-bond donors (Lipinski definition) is 1. The van der Waals surface area contributed by atoms with Gasteiger partial charge in [-0.15, -0.1) is 0 Å². The average molecular weight is 331 g/mol. The van der Waals surface area contributed by atoms with E-state index in [1.54, 1.807) is 20.8 Å². The maximum Gasteiger partial charge on any atom is 0.287 e. The van der Waals surface area contributed by atoms with Crippen LogP contribution in [0.3, 0.4) is 0 Å². The zero-order valence-corrected chi connectivity index (χ0v) is 14.5. The van der Waals surface area contributed by atoms with Gasteiger partial charge in [-0.25, -0.2) is 0 Å². The molecule has 1 amide bonds. The second-order valence-electron chi connectivity index (χ2n) is 7.17. The van der Waals surface area contributed by atoms with Gasteiger partial charge in [0.05, 0.1) is 5.56 Å². The van der Waals surface area contributed by atoms with Crippen LogP contribution >= 0.6 is 0 Å². The number of ketones is 1. The van der Waals surface area contributed by atoms with Gasteiger partial charge in [-0.1, -0.05) is 19.0 Å². The number of carbonyl (C=O) groups excluding carboxylic acids is 2. The third-order valence-corrected chi connectivity index (χ3v) is 4.24. The first-order valence-corrected chi connectivity index (χ1v) is 7.94. The molecule has 0 saturated heterocycles. The van der Waals surface area contributed by atoms with E-state index in [-0.39, 0.29) is 17.0 Å². The first-order chi connectivity index (χ1) is 11.2. The van der Waals surface area contributed by atoms with Crippen molar-refractivity contribution in [2.24, 2.45) is 5.41 Å². The number of carbonyl (C=O) groups is 2. The molecule has 0 unspecified atom stereocenters. The molecular formula is C17H21N3O4. The molecule has 3 rings (SSSR count). The molecule has 0 aromatic carbocycles. The van der Waals surface area contributed by atoms with Crippen LogP contribution in [0.25, 0.3) is 0 Å². The molecule has 0 saturated carbocycles. The second-order valence-corrected chi connectivity index (χ2v) is 7.17. The van der Waals surface area contributed by atoms with E-state index in [1.165, 1.54) is 0 Å². The van der Waals surface area contributed by atoms with Crippen molar-refractivity contribution in [2.45, 2.75) is 53.5 Å². The van der Waals surface area contributed by atoms with Crippen LogP contribution in [0.2, 0.25) is 0 Å². The second kappa shape index (κ2) is 5.58. The van der Waals surface area contributed by atoms with Gasteiger partial charge in [0.2, 0.25) is 5.89 Å². The number of nitrogens with zero attached hydrogens (tertiary/aromatic N) is 2. The molecule has 1 aliphatic carbocycles. The summed E-state index contributed by atoms with van der Waals surface area (Å²) in [4.78, 5) is 29.0. The molecule has 0 radical (unpaired) electrons. The summed E-state index contributed by atoms with van der Waals surface area (Å²) < 4.78 is 10.8. The van der Waals surface area contributed by atoms with Crippen molar-refractivity contribution in [3.8, 4) is 0 Å². The number of furan rings is 1. The van der Waals surface area contributed by atoms with E-state index in [0.29, 0.717) is 41.4 Å². The number of Topliss-reactive ketones (excluding diaryl/α,β-unsaturated/α-hetero) is 1. The zero-order chi connectivity index (χ0) is 17.6. The third-order valence-electron chi connectivity index (χ3n) is 4.24. The number of fused-ring (bicyclic) bond motifs is 1. The van der Waals surface area contributed by atoms with Crippen LogP contribution in [0.15, 0.2) is 8.94 Å². The molecule has 1 aliphatic rings. The topological polar surface area (TPSA) is 98.2 Å². The van der Waals surface area contributed by atoms with E-state index in [1.807, 2.05) is 13.8 Å². The number of nitrogens with one attached hydrogen (secondary N) is 1. The molecule has 24 heavy (non-hydrogen) atoms. The minimum Gasteiger partial charge on any atom is -0.455 e. The van der Waals surface area contributed by atoms with Crippen molar-refractivity contribution in [1.82, 2.24) is 15.5 Å². The van der Waals surface area contributed by atoms with Gasteiger partial charge >= 0.3 is 0 Å². The molecule has 2 aromatic rings. The average Bonchev–Trinajstić information content (AvgIpc) is 3.01. The number of aryl methyl sites for hydroxylation is 1. The lowest BCUT2D eigenvalue weighted by atomic mass is 9.76. The first-order valence-electron chi connectivity index (χ1n) is 7.94. The Bertz CT molecular complexity index is 816. The highest BCUT2D eigenvalue weighted by Gasteiger charge is 2.37. The summed E-state index contributed by atoms with van der Waals surface area (Å²) in [5, 5.41) is 6.48. The Hall–Kier alpha value is -2.44. The van der Waals surface area contributed by atoms with Crippen LogP contribution in [0.1, 0.15) is 77.2 Å². The van der Waals surface area contributed by atoms with Crippen LogP contribution in [-0.4, -0.2) is 21.8 Å². The SMILES string of the molecule is Cc1noc([C@H](C)NC(=O)c2oc3c(c2C)C(=O)CC(C)(C)C3)n1. The van der Waals surface area contributed by atoms with Gasteiger partial charge in [-0.2, -0.15) is 4.98 Å². The van der Waals surface area contributed by atoms with Crippen molar-refractivity contribution in [3.63, 3.8) is 0 Å². The molecule has 0 spiro atoms. The predicted octanol–water partition coefficient (Wildman–Crippen LogP) is 2.93. The van der Waals surface area contributed by atoms with Crippen LogP contribution in [-0.2, 0) is 6.42 Å². The number of amides is 1. The maximum atomic E-state index is 12.5. The van der Waals surface area contributed by atoms with Gasteiger partial charge in [0.15, 0.2) is 17.4 Å². The molecule has 0 fully saturated rings. The number of hydrogen-bond acceptors (Lipinski definition) is 6. The Balaban J connectivity index is 1.85. The summed E-state index contributed by atoms with van der Waals surface area (Å²) in [7, 11) is 0. The lowest BCUT2D eigenvalue weighted by Gasteiger charge is -2.27. The van der Waals surface area contributed by atoms with Crippen molar-refractivity contribution in [1.29, 1.82) is 0 Å². The van der Waals surface area contributed by atoms with Crippen LogP contribution < -0.4 is 5.32 Å². The smallest absolute Gasteiger partial charge is 0.287 e. The Morgan fingerprint density at radius 2 is 2.00 bits per heavy atom. The van der Waals surface area contributed by atoms with Crippen molar-refractivity contribution < 1.29 is 18.5 Å². The molecule has 0 bridgehead atoms. The van der Waals surface area contributed by atoms with Crippen LogP contribution in [0, 0.1) is 19.3 Å². The Kier molecular flexibility index (Phi) is 3.81. The molecule has 128 valence electrons. The van der Waals surface area contributed by atoms with E-state index in [0.717, 1.165) is 0 Å². The minimum absolute atomic E-state index is 0.0297. The molecule has 0 aliphatic heterocycles. The molecule has 1 N–H and O–H groups in total. The fourth-order valence-electron chi connectivity index (χ4n) is 3.11. The van der Waals surface area contributed by atoms with E-state index in [4.69, 9.17) is 8.94 Å². The highest BCUT2D eigenvalue weighted by Crippen LogP contribution is 2.38. The maximum absolute atomic E-state index is 12.5. The highest BCUT2D eigenvalue weighted by molar-refractivity contribution is 6.03. The summed E-state index contributed by atoms with van der Waals surface area (Å²) in [6.07, 6.45) is 1.10. The summed E-state index contributed by atoms with van der Waals surface area (Å²) in [6, 6.07) is -0.452. The minimum atomic E-state index is -0.452. The van der Waals surface area contributed by atoms with E-state index in [2.05, 4.69) is 15.5 Å². The largest absolute Gasteiger partial charge is 0.455 e. The third kappa shape index (κ3) is 2.86. The standard InChI is InChI=1S/C17H21N3O4/c1-8-13-11(21)6-17(4,5)7-12(13)23-14(8)15(22)18-9(2)16-19-10(3)20-24-16/h9H,6-7H2,1-5H3,(H,18,22)/t9-/m0/s1. The summed E-state index contributed by atoms with van der Waals surface area (Å²) >= 11 is 0. The van der Waals surface area contributed by atoms with E-state index in [9.17, 15) is 9.59 Å². The Morgan fingerprint density at radius 1 is 1.29 bits per heavy atom. The Labute approximate surface area is 139 Å². The molecule has 2 heterocycles. The predicted molar refractivity (Wildman–Crippen MR) is 84.8 cm³/mol. The van der Waals surface area contributed by atoms with Gasteiger partial charge in [0.1, 0.15) is 11.8 Å². The fraction of sp³-hybridized carbons (Fsp3) is 0.529. The quantitative estimate of drug-likeness (QED) is 0.928. The van der Waals surface area contributed by atoms with E-state index >= 15 is 0 Å².